The molecule has 2 N–H and O–H groups in total. The Bertz CT molecular complexity index is 446. The highest BCUT2D eigenvalue weighted by Crippen LogP contribution is 2.25. The molecular weight excluding hydrogens is 221 g/mol. The van der Waals surface area contributed by atoms with Crippen molar-refractivity contribution in [3.8, 4) is 10.4 Å². The van der Waals surface area contributed by atoms with E-state index < -0.39 is 7.05 Å². The molecule has 0 aromatic carbocycles. The van der Waals surface area contributed by atoms with Crippen LogP contribution < -0.4 is 5.23 Å². The minimum atomic E-state index is -0.506. The SMILES string of the molecule is CB(O)NCc1ncc(-c2ccncc2)s1. The molecule has 0 aliphatic carbocycles. The van der Waals surface area contributed by atoms with E-state index in [4.69, 9.17) is 5.02 Å². The maximum Gasteiger partial charge on any atom is 0.373 e. The molecule has 6 heteroatoms. The van der Waals surface area contributed by atoms with Gasteiger partial charge in [-0.15, -0.1) is 11.3 Å². The van der Waals surface area contributed by atoms with Gasteiger partial charge in [-0.25, -0.2) is 4.98 Å². The van der Waals surface area contributed by atoms with E-state index in [0.717, 1.165) is 15.4 Å². The molecule has 0 atom stereocenters. The Balaban J connectivity index is 2.08. The van der Waals surface area contributed by atoms with Crippen LogP contribution in [0.5, 0.6) is 0 Å². The number of hydrogen-bond acceptors (Lipinski definition) is 5. The van der Waals surface area contributed by atoms with Crippen molar-refractivity contribution in [1.82, 2.24) is 15.2 Å². The van der Waals surface area contributed by atoms with E-state index in [1.54, 1.807) is 30.6 Å². The van der Waals surface area contributed by atoms with E-state index in [0.29, 0.717) is 6.54 Å². The molecule has 4 nitrogen and oxygen atoms in total. The topological polar surface area (TPSA) is 58.0 Å². The van der Waals surface area contributed by atoms with Crippen molar-refractivity contribution in [2.75, 3.05) is 0 Å². The maximum absolute atomic E-state index is 9.09. The van der Waals surface area contributed by atoms with E-state index >= 15 is 0 Å². The minimum absolute atomic E-state index is 0.506. The number of pyridine rings is 1. The summed E-state index contributed by atoms with van der Waals surface area (Å²) in [5.41, 5.74) is 1.12. The van der Waals surface area contributed by atoms with Crippen LogP contribution in [0.15, 0.2) is 30.7 Å². The average molecular weight is 233 g/mol. The van der Waals surface area contributed by atoms with Crippen LogP contribution in [0.2, 0.25) is 6.82 Å². The van der Waals surface area contributed by atoms with Crippen LogP contribution in [0.3, 0.4) is 0 Å². The van der Waals surface area contributed by atoms with Gasteiger partial charge in [0.05, 0.1) is 4.88 Å². The lowest BCUT2D eigenvalue weighted by Crippen LogP contribution is -2.29. The Morgan fingerprint density at radius 2 is 2.19 bits per heavy atom. The number of nitrogens with zero attached hydrogens (tertiary/aromatic N) is 2. The molecule has 0 aliphatic heterocycles. The van der Waals surface area contributed by atoms with Crippen LogP contribution in [0.25, 0.3) is 10.4 Å². The van der Waals surface area contributed by atoms with Crippen LogP contribution in [0, 0.1) is 0 Å². The van der Waals surface area contributed by atoms with Crippen LogP contribution >= 0.6 is 11.3 Å². The average Bonchev–Trinajstić information content (AvgIpc) is 2.76. The maximum atomic E-state index is 9.09. The largest absolute Gasteiger partial charge is 0.437 e. The number of hydrogen-bond donors (Lipinski definition) is 2. The summed E-state index contributed by atoms with van der Waals surface area (Å²) in [4.78, 5) is 9.38. The normalized spacial score (nSPS) is 10.4. The molecule has 0 radical (unpaired) electrons. The monoisotopic (exact) mass is 233 g/mol. The highest BCUT2D eigenvalue weighted by Gasteiger charge is 2.06. The highest BCUT2D eigenvalue weighted by molar-refractivity contribution is 7.15. The third-order valence-corrected chi connectivity index (χ3v) is 3.11. The van der Waals surface area contributed by atoms with Crippen molar-refractivity contribution >= 4 is 18.4 Å². The first-order valence-electron chi connectivity index (χ1n) is 5.02. The third-order valence-electron chi connectivity index (χ3n) is 2.07. The molecule has 0 saturated carbocycles. The second-order valence-corrected chi connectivity index (χ2v) is 4.53. The van der Waals surface area contributed by atoms with Gasteiger partial charge in [0.25, 0.3) is 0 Å². The lowest BCUT2D eigenvalue weighted by atomic mass is 9.89. The summed E-state index contributed by atoms with van der Waals surface area (Å²) in [6.07, 6.45) is 5.38. The molecule has 0 aliphatic rings. The summed E-state index contributed by atoms with van der Waals surface area (Å²) in [5.74, 6) is 0. The molecular formula is C10H12BN3OS. The van der Waals surface area contributed by atoms with Crippen molar-refractivity contribution in [2.45, 2.75) is 13.4 Å². The predicted molar refractivity (Wildman–Crippen MR) is 66.0 cm³/mol. The Kier molecular flexibility index (Phi) is 3.66. The van der Waals surface area contributed by atoms with Gasteiger partial charge < -0.3 is 10.3 Å². The molecule has 2 aromatic heterocycles. The summed E-state index contributed by atoms with van der Waals surface area (Å²) in [6.45, 7) is 2.28. The van der Waals surface area contributed by atoms with Gasteiger partial charge in [-0.2, -0.15) is 0 Å². The van der Waals surface area contributed by atoms with E-state index in [1.165, 1.54) is 0 Å². The predicted octanol–water partition coefficient (Wildman–Crippen LogP) is 1.40. The van der Waals surface area contributed by atoms with Gasteiger partial charge in [0.15, 0.2) is 0 Å². The lowest BCUT2D eigenvalue weighted by molar-refractivity contribution is 0.553. The van der Waals surface area contributed by atoms with Crippen molar-refractivity contribution in [1.29, 1.82) is 0 Å². The molecule has 0 amide bonds. The van der Waals surface area contributed by atoms with Crippen LogP contribution in [-0.4, -0.2) is 22.0 Å². The first-order chi connectivity index (χ1) is 7.75. The molecule has 2 aromatic rings. The van der Waals surface area contributed by atoms with Gasteiger partial charge in [-0.1, -0.05) is 0 Å². The van der Waals surface area contributed by atoms with Gasteiger partial charge >= 0.3 is 7.05 Å². The molecule has 82 valence electrons. The summed E-state index contributed by atoms with van der Waals surface area (Å²) in [6, 6.07) is 3.92. The first-order valence-corrected chi connectivity index (χ1v) is 5.84. The molecule has 2 rings (SSSR count). The molecule has 0 bridgehead atoms. The quantitative estimate of drug-likeness (QED) is 0.784. The fraction of sp³-hybridized carbons (Fsp3) is 0.200. The Hall–Kier alpha value is -1.24. The molecule has 0 fully saturated rings. The molecule has 0 spiro atoms. The summed E-state index contributed by atoms with van der Waals surface area (Å²) in [7, 11) is -0.506. The van der Waals surface area contributed by atoms with Crippen LogP contribution in [-0.2, 0) is 6.54 Å². The van der Waals surface area contributed by atoms with Gasteiger partial charge in [0.2, 0.25) is 0 Å². The standard InChI is InChI=1S/C10H12BN3OS/c1-11(15)14-7-10-13-6-9(16-10)8-2-4-12-5-3-8/h2-6,14-15H,7H2,1H3. The minimum Gasteiger partial charge on any atom is -0.437 e. The fourth-order valence-electron chi connectivity index (χ4n) is 1.28. The zero-order chi connectivity index (χ0) is 11.4. The third kappa shape index (κ3) is 2.88. The van der Waals surface area contributed by atoms with E-state index in [-0.39, 0.29) is 0 Å². The summed E-state index contributed by atoms with van der Waals surface area (Å²) < 4.78 is 0. The molecule has 0 saturated heterocycles. The number of aromatic nitrogens is 2. The Labute approximate surface area is 98.5 Å². The molecule has 0 unspecified atom stereocenters. The lowest BCUT2D eigenvalue weighted by Gasteiger charge is -1.99. The van der Waals surface area contributed by atoms with Crippen LogP contribution in [0.1, 0.15) is 5.01 Å². The number of rotatable bonds is 4. The molecule has 2 heterocycles. The van der Waals surface area contributed by atoms with E-state index in [2.05, 4.69) is 15.2 Å². The van der Waals surface area contributed by atoms with E-state index in [1.807, 2.05) is 18.3 Å². The van der Waals surface area contributed by atoms with Gasteiger partial charge in [-0.3, -0.25) is 4.98 Å². The first kappa shape index (κ1) is 11.3. The van der Waals surface area contributed by atoms with E-state index in [9.17, 15) is 0 Å². The Morgan fingerprint density at radius 3 is 2.88 bits per heavy atom. The summed E-state index contributed by atoms with van der Waals surface area (Å²) >= 11 is 1.62. The Morgan fingerprint density at radius 1 is 1.44 bits per heavy atom. The van der Waals surface area contributed by atoms with Crippen molar-refractivity contribution in [3.05, 3.63) is 35.7 Å². The molecule has 16 heavy (non-hydrogen) atoms. The van der Waals surface area contributed by atoms with Crippen LogP contribution in [0.4, 0.5) is 0 Å². The van der Waals surface area contributed by atoms with Gasteiger partial charge in [0.1, 0.15) is 5.01 Å². The smallest absolute Gasteiger partial charge is 0.373 e. The number of nitrogens with one attached hydrogen (secondary N) is 1. The van der Waals surface area contributed by atoms with Crippen molar-refractivity contribution in [2.24, 2.45) is 0 Å². The van der Waals surface area contributed by atoms with Crippen molar-refractivity contribution in [3.63, 3.8) is 0 Å². The van der Waals surface area contributed by atoms with Gasteiger partial charge in [-0.05, 0) is 24.5 Å². The highest BCUT2D eigenvalue weighted by atomic mass is 32.1. The zero-order valence-corrected chi connectivity index (χ0v) is 9.74. The second kappa shape index (κ2) is 5.20. The fourth-order valence-corrected chi connectivity index (χ4v) is 2.15. The summed E-state index contributed by atoms with van der Waals surface area (Å²) in [5, 5.41) is 13.0. The van der Waals surface area contributed by atoms with Gasteiger partial charge in [0, 0.05) is 25.1 Å². The van der Waals surface area contributed by atoms with Crippen molar-refractivity contribution < 1.29 is 5.02 Å². The zero-order valence-electron chi connectivity index (χ0n) is 8.92. The number of thiazole rings is 1. The second-order valence-electron chi connectivity index (χ2n) is 3.41.